The average Bonchev–Trinajstić information content (AvgIpc) is 3.38. The van der Waals surface area contributed by atoms with Gasteiger partial charge in [0.2, 0.25) is 5.96 Å². The van der Waals surface area contributed by atoms with E-state index in [1.807, 2.05) is 18.3 Å². The zero-order chi connectivity index (χ0) is 18.2. The molecule has 29 heavy (non-hydrogen) atoms. The maximum Gasteiger partial charge on any atom is 0.276 e. The van der Waals surface area contributed by atoms with E-state index >= 15 is 0 Å². The van der Waals surface area contributed by atoms with Crippen LogP contribution in [0.1, 0.15) is 16.7 Å². The van der Waals surface area contributed by atoms with E-state index in [1.54, 1.807) is 12.3 Å². The number of nitrogens with one attached hydrogen (secondary N) is 3. The number of aromatic amines is 1. The first-order chi connectivity index (χ1) is 13.3. The van der Waals surface area contributed by atoms with Gasteiger partial charge in [0.25, 0.3) is 5.91 Å². The highest BCUT2D eigenvalue weighted by atomic mass is 35.5. The highest BCUT2D eigenvalue weighted by molar-refractivity contribution is 6.14. The van der Waals surface area contributed by atoms with Gasteiger partial charge in [0.15, 0.2) is 0 Å². The second-order valence-electron chi connectivity index (χ2n) is 7.01. The third kappa shape index (κ3) is 4.13. The molecule has 5 rings (SSSR count). The predicted molar refractivity (Wildman–Crippen MR) is 119 cm³/mol. The number of halogens is 2. The number of rotatable bonds is 3. The van der Waals surface area contributed by atoms with Crippen LogP contribution in [0.3, 0.4) is 0 Å². The minimum atomic E-state index is -0.189. The van der Waals surface area contributed by atoms with Crippen molar-refractivity contribution in [2.24, 2.45) is 10.9 Å². The number of hydrogen-bond donors (Lipinski definition) is 3. The van der Waals surface area contributed by atoms with Crippen molar-refractivity contribution in [3.8, 4) is 0 Å². The fourth-order valence-electron chi connectivity index (χ4n) is 3.83. The Kier molecular flexibility index (Phi) is 6.25. The van der Waals surface area contributed by atoms with Crippen LogP contribution in [0.5, 0.6) is 0 Å². The summed E-state index contributed by atoms with van der Waals surface area (Å²) < 4.78 is 0. The van der Waals surface area contributed by atoms with Crippen molar-refractivity contribution in [1.29, 1.82) is 0 Å². The molecule has 0 saturated carbocycles. The molecule has 0 fully saturated rings. The van der Waals surface area contributed by atoms with E-state index in [-0.39, 0.29) is 30.7 Å². The van der Waals surface area contributed by atoms with Gasteiger partial charge in [-0.1, -0.05) is 24.3 Å². The standard InChI is InChI=1S/C21H19N5O.2ClH/c27-20-18(10-16-12-23-19-17(16)6-3-7-22-19)25-21(26-20)24-11-13-8-14-4-1-2-5-15(14)9-13;;/h1-7,10,12-13H,8-9,11H2,(H,22,23)(H2,24,25,26,27);2*1H. The molecule has 1 amide bonds. The summed E-state index contributed by atoms with van der Waals surface area (Å²) in [5, 5.41) is 7.08. The number of H-pyrrole nitrogens is 1. The zero-order valence-electron chi connectivity index (χ0n) is 15.5. The van der Waals surface area contributed by atoms with E-state index < -0.39 is 0 Å². The molecule has 1 aliphatic heterocycles. The maximum absolute atomic E-state index is 12.3. The number of aliphatic imine (C=N–C) groups is 1. The van der Waals surface area contributed by atoms with Gasteiger partial charge >= 0.3 is 0 Å². The Morgan fingerprint density at radius 1 is 1.10 bits per heavy atom. The van der Waals surface area contributed by atoms with E-state index in [1.165, 1.54) is 11.1 Å². The van der Waals surface area contributed by atoms with Crippen molar-refractivity contribution in [2.45, 2.75) is 12.8 Å². The molecule has 2 aromatic heterocycles. The molecule has 1 aromatic carbocycles. The summed E-state index contributed by atoms with van der Waals surface area (Å²) in [6, 6.07) is 12.4. The van der Waals surface area contributed by atoms with Crippen molar-refractivity contribution in [1.82, 2.24) is 20.6 Å². The number of carbonyl (C=O) groups is 1. The smallest absolute Gasteiger partial charge is 0.276 e. The quantitative estimate of drug-likeness (QED) is 0.558. The molecule has 0 unspecified atom stereocenters. The van der Waals surface area contributed by atoms with Gasteiger partial charge in [0, 0.05) is 29.9 Å². The van der Waals surface area contributed by atoms with Crippen LogP contribution in [0.2, 0.25) is 0 Å². The number of benzene rings is 1. The summed E-state index contributed by atoms with van der Waals surface area (Å²) in [6.45, 7) is 0.790. The van der Waals surface area contributed by atoms with Crippen molar-refractivity contribution < 1.29 is 4.79 Å². The van der Waals surface area contributed by atoms with Crippen LogP contribution in [0, 0.1) is 5.92 Å². The molecule has 8 heteroatoms. The van der Waals surface area contributed by atoms with E-state index in [2.05, 4.69) is 49.9 Å². The minimum Gasteiger partial charge on any atom is -0.355 e. The van der Waals surface area contributed by atoms with Gasteiger partial charge in [0.1, 0.15) is 11.3 Å². The van der Waals surface area contributed by atoms with Crippen LogP contribution in [-0.2, 0) is 17.6 Å². The van der Waals surface area contributed by atoms with Crippen molar-refractivity contribution in [2.75, 3.05) is 6.54 Å². The number of carbonyl (C=O) groups excluding carboxylic acids is 1. The highest BCUT2D eigenvalue weighted by Gasteiger charge is 2.24. The third-order valence-electron chi connectivity index (χ3n) is 5.17. The van der Waals surface area contributed by atoms with Gasteiger partial charge < -0.3 is 10.3 Å². The third-order valence-corrected chi connectivity index (χ3v) is 5.17. The number of aromatic nitrogens is 2. The number of pyridine rings is 1. The van der Waals surface area contributed by atoms with Crippen molar-refractivity contribution >= 4 is 53.8 Å². The Morgan fingerprint density at radius 2 is 1.86 bits per heavy atom. The van der Waals surface area contributed by atoms with Crippen LogP contribution >= 0.6 is 24.8 Å². The summed E-state index contributed by atoms with van der Waals surface area (Å²) >= 11 is 0. The van der Waals surface area contributed by atoms with Gasteiger partial charge in [-0.15, -0.1) is 24.8 Å². The van der Waals surface area contributed by atoms with Crippen LogP contribution < -0.4 is 10.6 Å². The minimum absolute atomic E-state index is 0. The lowest BCUT2D eigenvalue weighted by Gasteiger charge is -2.10. The fourth-order valence-corrected chi connectivity index (χ4v) is 3.83. The molecule has 1 aliphatic carbocycles. The molecule has 6 nitrogen and oxygen atoms in total. The molecule has 0 atom stereocenters. The van der Waals surface area contributed by atoms with Crippen molar-refractivity contribution in [3.63, 3.8) is 0 Å². The topological polar surface area (TPSA) is 82.2 Å². The van der Waals surface area contributed by atoms with Crippen LogP contribution in [0.25, 0.3) is 17.1 Å². The number of amides is 1. The molecule has 3 heterocycles. The lowest BCUT2D eigenvalue weighted by atomic mass is 10.1. The first-order valence-corrected chi connectivity index (χ1v) is 9.11. The van der Waals surface area contributed by atoms with Gasteiger partial charge in [0.05, 0.1) is 0 Å². The molecule has 2 aliphatic rings. The lowest BCUT2D eigenvalue weighted by molar-refractivity contribution is -0.115. The summed E-state index contributed by atoms with van der Waals surface area (Å²) in [6.07, 6.45) is 7.50. The number of nitrogens with zero attached hydrogens (tertiary/aromatic N) is 2. The fraction of sp³-hybridized carbons (Fsp3) is 0.190. The van der Waals surface area contributed by atoms with Crippen LogP contribution in [0.4, 0.5) is 0 Å². The monoisotopic (exact) mass is 429 g/mol. The van der Waals surface area contributed by atoms with Gasteiger partial charge in [-0.25, -0.2) is 9.98 Å². The first-order valence-electron chi connectivity index (χ1n) is 9.11. The molecular formula is C21H21Cl2N5O. The molecule has 0 bridgehead atoms. The molecule has 0 spiro atoms. The van der Waals surface area contributed by atoms with Crippen molar-refractivity contribution in [3.05, 3.63) is 71.2 Å². The average molecular weight is 430 g/mol. The number of hydrogen-bond acceptors (Lipinski definition) is 4. The highest BCUT2D eigenvalue weighted by Crippen LogP contribution is 2.26. The lowest BCUT2D eigenvalue weighted by Crippen LogP contribution is -2.38. The number of guanidine groups is 1. The molecule has 0 saturated heterocycles. The van der Waals surface area contributed by atoms with E-state index in [0.717, 1.165) is 36.0 Å². The molecule has 3 N–H and O–H groups in total. The van der Waals surface area contributed by atoms with E-state index in [9.17, 15) is 4.79 Å². The molecular weight excluding hydrogens is 409 g/mol. The summed E-state index contributed by atoms with van der Waals surface area (Å²) in [5.74, 6) is 0.861. The van der Waals surface area contributed by atoms with E-state index in [0.29, 0.717) is 17.6 Å². The van der Waals surface area contributed by atoms with Gasteiger partial charge in [-0.05, 0) is 48.1 Å². The van der Waals surface area contributed by atoms with Gasteiger partial charge in [-0.2, -0.15) is 0 Å². The van der Waals surface area contributed by atoms with Gasteiger partial charge in [-0.3, -0.25) is 10.1 Å². The Labute approximate surface area is 180 Å². The maximum atomic E-state index is 12.3. The van der Waals surface area contributed by atoms with Crippen LogP contribution in [-0.4, -0.2) is 28.4 Å². The SMILES string of the molecule is Cl.Cl.O=C1NC(NCC2Cc3ccccc3C2)=NC1=Cc1c[nH]c2ncccc12. The summed E-state index contributed by atoms with van der Waals surface area (Å²) in [5.41, 5.74) is 4.95. The van der Waals surface area contributed by atoms with E-state index in [4.69, 9.17) is 0 Å². The predicted octanol–water partition coefficient (Wildman–Crippen LogP) is 3.24. The summed E-state index contributed by atoms with van der Waals surface area (Å²) in [7, 11) is 0. The molecule has 150 valence electrons. The Morgan fingerprint density at radius 3 is 2.62 bits per heavy atom. The Balaban J connectivity index is 0.00000120. The molecule has 3 aromatic rings. The zero-order valence-corrected chi connectivity index (χ0v) is 17.1. The normalized spacial score (nSPS) is 16.8. The Hall–Kier alpha value is -2.83. The molecule has 0 radical (unpaired) electrons. The second kappa shape index (κ2) is 8.68. The summed E-state index contributed by atoms with van der Waals surface area (Å²) in [4.78, 5) is 24.1. The number of fused-ring (bicyclic) bond motifs is 2. The Bertz CT molecular complexity index is 1080. The largest absolute Gasteiger partial charge is 0.355 e. The second-order valence-corrected chi connectivity index (χ2v) is 7.01. The van der Waals surface area contributed by atoms with Crippen LogP contribution in [0.15, 0.2) is 59.5 Å². The first kappa shape index (κ1) is 20.9.